The molecule has 2 unspecified atom stereocenters. The van der Waals surface area contributed by atoms with E-state index in [9.17, 15) is 5.11 Å². The fourth-order valence-corrected chi connectivity index (χ4v) is 4.37. The van der Waals surface area contributed by atoms with Crippen molar-refractivity contribution >= 4 is 21.4 Å². The summed E-state index contributed by atoms with van der Waals surface area (Å²) in [5, 5.41) is 13.7. The standard InChI is InChI=1S/C17H21NO2S/c19-15(13-1-2-17-14(9-13)5-8-21-17)11-20-16-10-18-6-3-12(16)4-7-18/h1-2,5,8-9,12,15-16,19H,3-4,6-7,10-11H2. The van der Waals surface area contributed by atoms with E-state index in [1.54, 1.807) is 11.3 Å². The Bertz CT molecular complexity index is 618. The molecule has 2 bridgehead atoms. The van der Waals surface area contributed by atoms with Crippen molar-refractivity contribution in [1.82, 2.24) is 4.90 Å². The molecule has 112 valence electrons. The lowest BCUT2D eigenvalue weighted by Gasteiger charge is -2.44. The highest BCUT2D eigenvalue weighted by atomic mass is 32.1. The molecule has 3 saturated heterocycles. The third-order valence-corrected chi connectivity index (χ3v) is 5.82. The van der Waals surface area contributed by atoms with E-state index in [-0.39, 0.29) is 0 Å². The van der Waals surface area contributed by atoms with Crippen molar-refractivity contribution in [1.29, 1.82) is 0 Å². The van der Waals surface area contributed by atoms with Crippen LogP contribution < -0.4 is 0 Å². The number of piperidine rings is 3. The third kappa shape index (κ3) is 2.73. The smallest absolute Gasteiger partial charge is 0.102 e. The van der Waals surface area contributed by atoms with E-state index < -0.39 is 6.10 Å². The second kappa shape index (κ2) is 5.69. The average molecular weight is 303 g/mol. The first kappa shape index (κ1) is 13.7. The maximum absolute atomic E-state index is 10.4. The second-order valence-corrected chi connectivity index (χ2v) is 7.19. The summed E-state index contributed by atoms with van der Waals surface area (Å²) in [5.41, 5.74) is 0.960. The topological polar surface area (TPSA) is 32.7 Å². The van der Waals surface area contributed by atoms with Crippen molar-refractivity contribution in [3.8, 4) is 0 Å². The Morgan fingerprint density at radius 2 is 2.14 bits per heavy atom. The third-order valence-electron chi connectivity index (χ3n) is 4.93. The van der Waals surface area contributed by atoms with Gasteiger partial charge >= 0.3 is 0 Å². The minimum atomic E-state index is -0.523. The molecule has 3 nitrogen and oxygen atoms in total. The molecule has 1 aromatic carbocycles. The molecule has 3 fully saturated rings. The van der Waals surface area contributed by atoms with Gasteiger partial charge in [-0.1, -0.05) is 6.07 Å². The normalized spacial score (nSPS) is 29.9. The lowest BCUT2D eigenvalue weighted by atomic mass is 9.86. The Hall–Kier alpha value is -0.940. The van der Waals surface area contributed by atoms with E-state index in [1.165, 1.54) is 36.0 Å². The Morgan fingerprint density at radius 3 is 2.90 bits per heavy atom. The Labute approximate surface area is 129 Å². The lowest BCUT2D eigenvalue weighted by Crippen LogP contribution is -2.51. The molecule has 0 saturated carbocycles. The summed E-state index contributed by atoms with van der Waals surface area (Å²) in [7, 11) is 0. The van der Waals surface area contributed by atoms with Crippen LogP contribution in [0.4, 0.5) is 0 Å². The van der Waals surface area contributed by atoms with Crippen LogP contribution in [-0.4, -0.2) is 42.4 Å². The average Bonchev–Trinajstić information content (AvgIpc) is 3.01. The molecule has 5 rings (SSSR count). The van der Waals surface area contributed by atoms with Crippen LogP contribution in [0.1, 0.15) is 24.5 Å². The van der Waals surface area contributed by atoms with Crippen molar-refractivity contribution in [3.05, 3.63) is 35.2 Å². The molecule has 0 aliphatic carbocycles. The SMILES string of the molecule is OC(COC1CN2CCC1CC2)c1ccc2sccc2c1. The number of ether oxygens (including phenoxy) is 1. The zero-order valence-corrected chi connectivity index (χ0v) is 12.9. The highest BCUT2D eigenvalue weighted by Gasteiger charge is 2.34. The van der Waals surface area contributed by atoms with Crippen molar-refractivity contribution in [2.24, 2.45) is 5.92 Å². The number of thiophene rings is 1. The van der Waals surface area contributed by atoms with Crippen LogP contribution in [0.5, 0.6) is 0 Å². The van der Waals surface area contributed by atoms with Crippen LogP contribution in [0, 0.1) is 5.92 Å². The number of hydrogen-bond acceptors (Lipinski definition) is 4. The van der Waals surface area contributed by atoms with Crippen molar-refractivity contribution in [2.75, 3.05) is 26.2 Å². The van der Waals surface area contributed by atoms with Gasteiger partial charge in [-0.2, -0.15) is 0 Å². The monoisotopic (exact) mass is 303 g/mol. The number of hydrogen-bond donors (Lipinski definition) is 1. The van der Waals surface area contributed by atoms with Gasteiger partial charge in [0.1, 0.15) is 6.10 Å². The summed E-state index contributed by atoms with van der Waals surface area (Å²) in [6.45, 7) is 3.90. The Morgan fingerprint density at radius 1 is 1.29 bits per heavy atom. The number of rotatable bonds is 4. The number of aliphatic hydroxyl groups is 1. The van der Waals surface area contributed by atoms with E-state index in [0.29, 0.717) is 18.6 Å². The van der Waals surface area contributed by atoms with Crippen LogP contribution in [0.15, 0.2) is 29.6 Å². The van der Waals surface area contributed by atoms with Gasteiger partial charge in [0.2, 0.25) is 0 Å². The summed E-state index contributed by atoms with van der Waals surface area (Å²) in [5.74, 6) is 0.696. The minimum Gasteiger partial charge on any atom is -0.386 e. The summed E-state index contributed by atoms with van der Waals surface area (Å²) in [4.78, 5) is 2.48. The highest BCUT2D eigenvalue weighted by Crippen LogP contribution is 2.30. The van der Waals surface area contributed by atoms with Gasteiger partial charge in [0.15, 0.2) is 0 Å². The molecule has 1 N–H and O–H groups in total. The Kier molecular flexibility index (Phi) is 3.71. The molecule has 0 radical (unpaired) electrons. The molecule has 1 aromatic heterocycles. The van der Waals surface area contributed by atoms with Crippen LogP contribution >= 0.6 is 11.3 Å². The summed E-state index contributed by atoms with van der Waals surface area (Å²) in [6.07, 6.45) is 2.29. The number of aliphatic hydroxyl groups excluding tert-OH is 1. The fourth-order valence-electron chi connectivity index (χ4n) is 3.60. The zero-order chi connectivity index (χ0) is 14.2. The molecule has 2 aromatic rings. The molecule has 2 atom stereocenters. The fraction of sp³-hybridized carbons (Fsp3) is 0.529. The molecule has 21 heavy (non-hydrogen) atoms. The number of benzene rings is 1. The van der Waals surface area contributed by atoms with E-state index in [1.807, 2.05) is 6.07 Å². The first-order valence-electron chi connectivity index (χ1n) is 7.79. The predicted octanol–water partition coefficient (Wildman–Crippen LogP) is 3.05. The lowest BCUT2D eigenvalue weighted by molar-refractivity contribution is -0.0919. The summed E-state index contributed by atoms with van der Waals surface area (Å²) in [6, 6.07) is 8.29. The Balaban J connectivity index is 1.40. The minimum absolute atomic E-state index is 0.312. The quantitative estimate of drug-likeness (QED) is 0.942. The van der Waals surface area contributed by atoms with E-state index in [2.05, 4.69) is 28.5 Å². The molecule has 0 amide bonds. The maximum Gasteiger partial charge on any atom is 0.102 e. The van der Waals surface area contributed by atoms with Gasteiger partial charge in [-0.25, -0.2) is 0 Å². The molecule has 3 aliphatic heterocycles. The van der Waals surface area contributed by atoms with Gasteiger partial charge in [0.05, 0.1) is 12.7 Å². The van der Waals surface area contributed by atoms with Crippen LogP contribution in [-0.2, 0) is 4.74 Å². The highest BCUT2D eigenvalue weighted by molar-refractivity contribution is 7.17. The summed E-state index contributed by atoms with van der Waals surface area (Å²) < 4.78 is 7.31. The second-order valence-electron chi connectivity index (χ2n) is 6.24. The van der Waals surface area contributed by atoms with E-state index in [4.69, 9.17) is 4.74 Å². The zero-order valence-electron chi connectivity index (χ0n) is 12.1. The van der Waals surface area contributed by atoms with Crippen molar-refractivity contribution < 1.29 is 9.84 Å². The van der Waals surface area contributed by atoms with Crippen LogP contribution in [0.3, 0.4) is 0 Å². The van der Waals surface area contributed by atoms with Crippen LogP contribution in [0.25, 0.3) is 10.1 Å². The number of fused-ring (bicyclic) bond motifs is 4. The molecule has 4 heteroatoms. The van der Waals surface area contributed by atoms with E-state index in [0.717, 1.165) is 12.1 Å². The van der Waals surface area contributed by atoms with Crippen molar-refractivity contribution in [3.63, 3.8) is 0 Å². The first-order chi connectivity index (χ1) is 10.3. The van der Waals surface area contributed by atoms with Gasteiger partial charge in [-0.15, -0.1) is 11.3 Å². The van der Waals surface area contributed by atoms with Gasteiger partial charge in [0, 0.05) is 11.2 Å². The molecule has 4 heterocycles. The van der Waals surface area contributed by atoms with E-state index >= 15 is 0 Å². The largest absolute Gasteiger partial charge is 0.386 e. The van der Waals surface area contributed by atoms with Gasteiger partial charge in [0.25, 0.3) is 0 Å². The predicted molar refractivity (Wildman–Crippen MR) is 85.7 cm³/mol. The first-order valence-corrected chi connectivity index (χ1v) is 8.67. The molecule has 0 spiro atoms. The van der Waals surface area contributed by atoms with Gasteiger partial charge in [-0.05, 0) is 66.4 Å². The summed E-state index contributed by atoms with van der Waals surface area (Å²) >= 11 is 1.73. The molecular weight excluding hydrogens is 282 g/mol. The molecular formula is C17H21NO2S. The maximum atomic E-state index is 10.4. The number of nitrogens with zero attached hydrogens (tertiary/aromatic N) is 1. The van der Waals surface area contributed by atoms with Gasteiger partial charge in [-0.3, -0.25) is 0 Å². The van der Waals surface area contributed by atoms with Crippen molar-refractivity contribution in [2.45, 2.75) is 25.0 Å². The van der Waals surface area contributed by atoms with Gasteiger partial charge < -0.3 is 14.7 Å². The molecule has 3 aliphatic rings. The van der Waals surface area contributed by atoms with Crippen LogP contribution in [0.2, 0.25) is 0 Å².